The van der Waals surface area contributed by atoms with Crippen LogP contribution < -0.4 is 10.1 Å². The average Bonchev–Trinajstić information content (AvgIpc) is 3.28. The largest absolute Gasteiger partial charge is 0.489 e. The van der Waals surface area contributed by atoms with Gasteiger partial charge in [0.2, 0.25) is 11.1 Å². The fourth-order valence-corrected chi connectivity index (χ4v) is 4.77. The third-order valence-electron chi connectivity index (χ3n) is 5.64. The van der Waals surface area contributed by atoms with Gasteiger partial charge in [0.05, 0.1) is 12.2 Å². The number of carbonyl (C=O) groups is 1. The van der Waals surface area contributed by atoms with E-state index in [0.717, 1.165) is 47.6 Å². The normalized spacial score (nSPS) is 14.9. The van der Waals surface area contributed by atoms with Crippen LogP contribution in [0.3, 0.4) is 0 Å². The first-order chi connectivity index (χ1) is 17.1. The van der Waals surface area contributed by atoms with Gasteiger partial charge in [-0.25, -0.2) is 9.48 Å². The van der Waals surface area contributed by atoms with Gasteiger partial charge in [0.1, 0.15) is 18.4 Å². The average molecular weight is 493 g/mol. The Bertz CT molecular complexity index is 1180. The number of anilines is 1. The van der Waals surface area contributed by atoms with E-state index >= 15 is 0 Å². The molecule has 184 valence electrons. The molecule has 7 nitrogen and oxygen atoms in total. The zero-order chi connectivity index (χ0) is 24.6. The molecule has 1 aliphatic heterocycles. The Morgan fingerprint density at radius 3 is 2.71 bits per heavy atom. The van der Waals surface area contributed by atoms with Gasteiger partial charge in [-0.15, -0.1) is 5.10 Å². The summed E-state index contributed by atoms with van der Waals surface area (Å²) in [7, 11) is 0. The van der Waals surface area contributed by atoms with Gasteiger partial charge in [-0.1, -0.05) is 74.5 Å². The monoisotopic (exact) mass is 492 g/mol. The molecule has 2 heterocycles. The summed E-state index contributed by atoms with van der Waals surface area (Å²) >= 11 is 1.63. The van der Waals surface area contributed by atoms with Crippen LogP contribution in [0, 0.1) is 0 Å². The van der Waals surface area contributed by atoms with Crippen molar-refractivity contribution in [3.63, 3.8) is 0 Å². The van der Waals surface area contributed by atoms with E-state index in [0.29, 0.717) is 29.9 Å². The van der Waals surface area contributed by atoms with E-state index in [1.54, 1.807) is 16.4 Å². The maximum Gasteiger partial charge on any atom is 0.338 e. The number of nitrogens with one attached hydrogen (secondary N) is 1. The molecule has 3 aromatic rings. The number of benzene rings is 2. The Morgan fingerprint density at radius 2 is 1.94 bits per heavy atom. The van der Waals surface area contributed by atoms with Crippen LogP contribution in [0.25, 0.3) is 0 Å². The van der Waals surface area contributed by atoms with Crippen molar-refractivity contribution in [1.29, 1.82) is 0 Å². The molecule has 1 aliphatic rings. The van der Waals surface area contributed by atoms with Crippen molar-refractivity contribution in [1.82, 2.24) is 14.8 Å². The highest BCUT2D eigenvalue weighted by atomic mass is 32.2. The molecule has 0 amide bonds. The van der Waals surface area contributed by atoms with Crippen LogP contribution in [-0.4, -0.2) is 33.1 Å². The van der Waals surface area contributed by atoms with E-state index in [1.807, 2.05) is 68.4 Å². The van der Waals surface area contributed by atoms with E-state index in [2.05, 4.69) is 17.2 Å². The van der Waals surface area contributed by atoms with Crippen LogP contribution >= 0.6 is 11.8 Å². The van der Waals surface area contributed by atoms with Gasteiger partial charge in [0.15, 0.2) is 0 Å². The Labute approximate surface area is 210 Å². The highest BCUT2D eigenvalue weighted by Crippen LogP contribution is 2.37. The number of esters is 1. The summed E-state index contributed by atoms with van der Waals surface area (Å²) < 4.78 is 13.4. The summed E-state index contributed by atoms with van der Waals surface area (Å²) in [5.41, 5.74) is 3.22. The third-order valence-corrected chi connectivity index (χ3v) is 6.57. The Hall–Kier alpha value is -3.26. The molecular formula is C27H32N4O3S. The lowest BCUT2D eigenvalue weighted by molar-refractivity contribution is -0.139. The SMILES string of the molecule is CCCCSc1nc2n(n1)C(c1cccc(OCc3ccccc3)c1)C(C(=O)OCCC)=C(C)N2. The van der Waals surface area contributed by atoms with Crippen molar-refractivity contribution in [3.05, 3.63) is 77.0 Å². The lowest BCUT2D eigenvalue weighted by Gasteiger charge is -2.28. The predicted molar refractivity (Wildman–Crippen MR) is 139 cm³/mol. The fourth-order valence-electron chi connectivity index (χ4n) is 3.86. The maximum absolute atomic E-state index is 13.2. The molecule has 1 unspecified atom stereocenters. The van der Waals surface area contributed by atoms with Crippen LogP contribution in [0.5, 0.6) is 5.75 Å². The van der Waals surface area contributed by atoms with Crippen LogP contribution in [0.1, 0.15) is 57.2 Å². The molecule has 4 rings (SSSR count). The minimum Gasteiger partial charge on any atom is -0.489 e. The number of unbranched alkanes of at least 4 members (excludes halogenated alkanes) is 1. The third kappa shape index (κ3) is 6.06. The summed E-state index contributed by atoms with van der Waals surface area (Å²) in [4.78, 5) is 17.8. The van der Waals surface area contributed by atoms with Gasteiger partial charge in [-0.05, 0) is 43.0 Å². The molecule has 1 aromatic heterocycles. The molecular weight excluding hydrogens is 460 g/mol. The first kappa shape index (κ1) is 24.9. The first-order valence-corrected chi connectivity index (χ1v) is 13.1. The molecule has 0 saturated heterocycles. The summed E-state index contributed by atoms with van der Waals surface area (Å²) in [5, 5.41) is 8.73. The number of hydrogen-bond acceptors (Lipinski definition) is 7. The molecule has 8 heteroatoms. The number of fused-ring (bicyclic) bond motifs is 1. The number of thioether (sulfide) groups is 1. The topological polar surface area (TPSA) is 78.3 Å². The number of nitrogens with zero attached hydrogens (tertiary/aromatic N) is 3. The van der Waals surface area contributed by atoms with Crippen molar-refractivity contribution in [2.45, 2.75) is 57.8 Å². The molecule has 0 spiro atoms. The molecule has 0 bridgehead atoms. The Morgan fingerprint density at radius 1 is 1.11 bits per heavy atom. The summed E-state index contributed by atoms with van der Waals surface area (Å²) in [6.07, 6.45) is 2.97. The van der Waals surface area contributed by atoms with Crippen molar-refractivity contribution >= 4 is 23.7 Å². The van der Waals surface area contributed by atoms with E-state index in [9.17, 15) is 4.79 Å². The van der Waals surface area contributed by atoms with Crippen LogP contribution in [0.15, 0.2) is 71.0 Å². The number of ether oxygens (including phenoxy) is 2. The number of carbonyl (C=O) groups excluding carboxylic acids is 1. The van der Waals surface area contributed by atoms with Crippen molar-refractivity contribution < 1.29 is 14.3 Å². The van der Waals surface area contributed by atoms with E-state index < -0.39 is 6.04 Å². The predicted octanol–water partition coefficient (Wildman–Crippen LogP) is 5.99. The minimum absolute atomic E-state index is 0.348. The van der Waals surface area contributed by atoms with Crippen LogP contribution in [-0.2, 0) is 16.1 Å². The first-order valence-electron chi connectivity index (χ1n) is 12.1. The van der Waals surface area contributed by atoms with Crippen molar-refractivity contribution in [2.75, 3.05) is 17.7 Å². The highest BCUT2D eigenvalue weighted by molar-refractivity contribution is 7.99. The molecule has 0 saturated carbocycles. The second kappa shape index (κ2) is 11.9. The highest BCUT2D eigenvalue weighted by Gasteiger charge is 2.35. The van der Waals surface area contributed by atoms with Crippen molar-refractivity contribution in [2.24, 2.45) is 0 Å². The van der Waals surface area contributed by atoms with Crippen LogP contribution in [0.2, 0.25) is 0 Å². The molecule has 1 atom stereocenters. The van der Waals surface area contributed by atoms with Gasteiger partial charge in [-0.3, -0.25) is 0 Å². The number of allylic oxidation sites excluding steroid dienone is 1. The molecule has 35 heavy (non-hydrogen) atoms. The maximum atomic E-state index is 13.2. The number of aromatic nitrogens is 3. The van der Waals surface area contributed by atoms with E-state index in [-0.39, 0.29) is 5.97 Å². The van der Waals surface area contributed by atoms with Crippen LogP contribution in [0.4, 0.5) is 5.95 Å². The number of hydrogen-bond donors (Lipinski definition) is 1. The van der Waals surface area contributed by atoms with E-state index in [4.69, 9.17) is 14.6 Å². The van der Waals surface area contributed by atoms with Gasteiger partial charge >= 0.3 is 5.97 Å². The smallest absolute Gasteiger partial charge is 0.338 e. The van der Waals surface area contributed by atoms with Gasteiger partial charge in [0.25, 0.3) is 0 Å². The zero-order valence-corrected chi connectivity index (χ0v) is 21.3. The summed E-state index contributed by atoms with van der Waals surface area (Å²) in [6, 6.07) is 17.4. The van der Waals surface area contributed by atoms with Gasteiger partial charge in [0, 0.05) is 11.4 Å². The number of rotatable bonds is 11. The Balaban J connectivity index is 1.67. The standard InChI is InChI=1S/C27H32N4O3S/c1-4-6-16-35-27-29-26-28-19(3)23(25(32)33-15-5-2)24(31(26)30-27)21-13-10-14-22(17-21)34-18-20-11-8-7-9-12-20/h7-14,17,24H,4-6,15-16,18H2,1-3H3,(H,28,29,30). The summed E-state index contributed by atoms with van der Waals surface area (Å²) in [6.45, 7) is 6.86. The zero-order valence-electron chi connectivity index (χ0n) is 20.5. The van der Waals surface area contributed by atoms with Gasteiger partial charge < -0.3 is 14.8 Å². The fraction of sp³-hybridized carbons (Fsp3) is 0.370. The second-order valence-electron chi connectivity index (χ2n) is 8.41. The molecule has 1 N–H and O–H groups in total. The molecule has 0 radical (unpaired) electrons. The summed E-state index contributed by atoms with van der Waals surface area (Å²) in [5.74, 6) is 1.95. The lowest BCUT2D eigenvalue weighted by atomic mass is 9.95. The van der Waals surface area contributed by atoms with E-state index in [1.165, 1.54) is 0 Å². The second-order valence-corrected chi connectivity index (χ2v) is 9.48. The minimum atomic E-state index is -0.469. The lowest BCUT2D eigenvalue weighted by Crippen LogP contribution is -2.29. The van der Waals surface area contributed by atoms with Gasteiger partial charge in [-0.2, -0.15) is 4.98 Å². The molecule has 2 aromatic carbocycles. The molecule has 0 aliphatic carbocycles. The molecule has 0 fully saturated rings. The Kier molecular flexibility index (Phi) is 8.47. The quantitative estimate of drug-likeness (QED) is 0.200. The van der Waals surface area contributed by atoms with Crippen molar-refractivity contribution in [3.8, 4) is 5.75 Å².